The van der Waals surface area contributed by atoms with E-state index in [1.807, 2.05) is 91.1 Å². The van der Waals surface area contributed by atoms with Gasteiger partial charge >= 0.3 is 7.12 Å². The summed E-state index contributed by atoms with van der Waals surface area (Å²) >= 11 is 1.63. The van der Waals surface area contributed by atoms with Crippen molar-refractivity contribution in [3.63, 3.8) is 0 Å². The highest BCUT2D eigenvalue weighted by Crippen LogP contribution is 2.37. The molecule has 4 rings (SSSR count). The van der Waals surface area contributed by atoms with Crippen LogP contribution in [0.5, 0.6) is 5.75 Å². The Morgan fingerprint density at radius 1 is 0.922 bits per heavy atom. The highest BCUT2D eigenvalue weighted by molar-refractivity contribution is 7.10. The van der Waals surface area contributed by atoms with Crippen LogP contribution < -0.4 is 15.4 Å². The van der Waals surface area contributed by atoms with Crippen LogP contribution in [-0.4, -0.2) is 114 Å². The van der Waals surface area contributed by atoms with Gasteiger partial charge in [0.05, 0.1) is 52.0 Å². The number of halogens is 1. The molecule has 3 N–H and O–H groups in total. The summed E-state index contributed by atoms with van der Waals surface area (Å²) in [6, 6.07) is 15.6. The van der Waals surface area contributed by atoms with E-state index < -0.39 is 7.12 Å². The van der Waals surface area contributed by atoms with Crippen LogP contribution in [0.4, 0.5) is 4.32 Å². The molecule has 1 atom stereocenters. The zero-order chi connectivity index (χ0) is 36.3. The van der Waals surface area contributed by atoms with Crippen LogP contribution in [0.15, 0.2) is 71.8 Å². The van der Waals surface area contributed by atoms with E-state index in [0.717, 1.165) is 33.9 Å². The van der Waals surface area contributed by atoms with Crippen molar-refractivity contribution in [1.82, 2.24) is 25.3 Å². The fraction of sp³-hybridized carbons (Fsp3) is 0.459. The number of allylic oxidation sites excluding steroid dienone is 1. The predicted octanol–water partition coefficient (Wildman–Crippen LogP) is 5.18. The quantitative estimate of drug-likeness (QED) is 0.0856. The number of likely N-dealkylation sites (N-methyl/N-ethyl adjacent to an activating group) is 1. The normalized spacial score (nSPS) is 14.8. The molecule has 1 aliphatic heterocycles. The van der Waals surface area contributed by atoms with Crippen molar-refractivity contribution in [1.29, 1.82) is 0 Å². The maximum atomic E-state index is 14.6. The molecule has 0 saturated heterocycles. The first-order valence-corrected chi connectivity index (χ1v) is 18.4. The van der Waals surface area contributed by atoms with E-state index >= 15 is 0 Å². The molecule has 0 radical (unpaired) electrons. The average Bonchev–Trinajstić information content (AvgIpc) is 3.89. The summed E-state index contributed by atoms with van der Waals surface area (Å²) in [7, 11) is 2.59. The number of nitrogens with one attached hydrogen (secondary N) is 3. The van der Waals surface area contributed by atoms with Gasteiger partial charge in [0.15, 0.2) is 0 Å². The van der Waals surface area contributed by atoms with E-state index in [1.165, 1.54) is 0 Å². The van der Waals surface area contributed by atoms with Crippen LogP contribution >= 0.6 is 11.3 Å². The number of hydrogen-bond acceptors (Lipinski definition) is 9. The first-order valence-electron chi connectivity index (χ1n) is 17.5. The molecule has 51 heavy (non-hydrogen) atoms. The molecule has 0 fully saturated rings. The van der Waals surface area contributed by atoms with Gasteiger partial charge in [0.25, 0.3) is 0 Å². The third-order valence-electron chi connectivity index (χ3n) is 7.82. The first-order chi connectivity index (χ1) is 24.8. The molecule has 3 aromatic rings. The van der Waals surface area contributed by atoms with Crippen molar-refractivity contribution in [3.8, 4) is 17.0 Å². The van der Waals surface area contributed by atoms with E-state index in [2.05, 4.69) is 15.6 Å². The van der Waals surface area contributed by atoms with Crippen molar-refractivity contribution in [2.75, 3.05) is 80.0 Å². The number of amides is 2. The zero-order valence-corrected chi connectivity index (χ0v) is 30.7. The first kappa shape index (κ1) is 39.8. The molecule has 0 aliphatic carbocycles. The number of hydrogen-bond donors (Lipinski definition) is 3. The number of rotatable bonds is 24. The second kappa shape index (κ2) is 22.1. The molecule has 3 heterocycles. The lowest BCUT2D eigenvalue weighted by Gasteiger charge is -2.27. The maximum absolute atomic E-state index is 14.6. The van der Waals surface area contributed by atoms with Crippen LogP contribution in [0.2, 0.25) is 6.82 Å². The minimum Gasteiger partial charge on any atom is -0.493 e. The predicted molar refractivity (Wildman–Crippen MR) is 201 cm³/mol. The smallest absolute Gasteiger partial charge is 0.458 e. The van der Waals surface area contributed by atoms with Crippen LogP contribution in [-0.2, 0) is 23.8 Å². The van der Waals surface area contributed by atoms with Gasteiger partial charge in [0.2, 0.25) is 11.8 Å². The lowest BCUT2D eigenvalue weighted by molar-refractivity contribution is -0.122. The molecule has 1 aromatic carbocycles. The van der Waals surface area contributed by atoms with Gasteiger partial charge in [0, 0.05) is 48.3 Å². The molecule has 0 bridgehead atoms. The van der Waals surface area contributed by atoms with Gasteiger partial charge in [-0.2, -0.15) is 0 Å². The van der Waals surface area contributed by atoms with Crippen LogP contribution in [0.3, 0.4) is 0 Å². The van der Waals surface area contributed by atoms with E-state index in [1.54, 1.807) is 23.0 Å². The van der Waals surface area contributed by atoms with Gasteiger partial charge in [-0.15, -0.1) is 11.3 Å². The fourth-order valence-corrected chi connectivity index (χ4v) is 6.17. The number of aromatic amines is 1. The van der Waals surface area contributed by atoms with Gasteiger partial charge < -0.3 is 48.6 Å². The molecule has 14 heteroatoms. The zero-order valence-electron chi connectivity index (χ0n) is 29.9. The molecule has 0 spiro atoms. The van der Waals surface area contributed by atoms with Gasteiger partial charge in [-0.05, 0) is 99.3 Å². The summed E-state index contributed by atoms with van der Waals surface area (Å²) in [4.78, 5) is 31.9. The monoisotopic (exact) mass is 723 g/mol. The summed E-state index contributed by atoms with van der Waals surface area (Å²) in [6.07, 6.45) is 7.71. The standard InChI is InChI=1S/C37H51BFN5O6S/c1-38(39)44-31(11-15-34(44)35-7-4-26-51-35)27-30-10-14-33(42-30)29-8-12-32(13-9-29)50-21-16-36(45)40-17-5-19-47-22-24-49-25-23-48-20-6-18-41-37(46)28-43(2)3/h4,7-15,26-27,34,42H,5-6,16-25,28H2,1-3H3,(H,40,45)(H,41,46)/b31-27-. The molecule has 276 valence electrons. The maximum Gasteiger partial charge on any atom is 0.458 e. The van der Waals surface area contributed by atoms with Gasteiger partial charge in [-0.25, -0.2) is 0 Å². The Hall–Kier alpha value is -3.95. The molecule has 11 nitrogen and oxygen atoms in total. The number of benzene rings is 1. The van der Waals surface area contributed by atoms with Gasteiger partial charge in [0.1, 0.15) is 5.75 Å². The number of carbonyl (C=O) groups is 2. The number of H-pyrrole nitrogens is 1. The van der Waals surface area contributed by atoms with Crippen molar-refractivity contribution in [2.45, 2.75) is 32.1 Å². The number of aromatic nitrogens is 1. The Bertz CT molecular complexity index is 1520. The number of carbonyl (C=O) groups excluding carboxylic acids is 2. The molecule has 0 saturated carbocycles. The minimum absolute atomic E-state index is 0.0124. The second-order valence-electron chi connectivity index (χ2n) is 12.3. The SMILES string of the molecule is CB(F)N1/C(=C\c2ccc(-c3ccc(OCCC(=O)NCCCOCCOCCOCCCNC(=O)CN(C)C)cc3)[nH]2)C=CC1c1cccs1. The van der Waals surface area contributed by atoms with E-state index in [9.17, 15) is 13.9 Å². The third kappa shape index (κ3) is 14.3. The number of nitrogens with zero attached hydrogens (tertiary/aromatic N) is 2. The van der Waals surface area contributed by atoms with Crippen LogP contribution in [0.1, 0.15) is 35.9 Å². The summed E-state index contributed by atoms with van der Waals surface area (Å²) < 4.78 is 37.0. The van der Waals surface area contributed by atoms with Gasteiger partial charge in [-0.1, -0.05) is 12.1 Å². The second-order valence-corrected chi connectivity index (χ2v) is 13.3. The summed E-state index contributed by atoms with van der Waals surface area (Å²) in [5.41, 5.74) is 3.65. The Balaban J connectivity index is 1.01. The van der Waals surface area contributed by atoms with Crippen LogP contribution in [0.25, 0.3) is 17.3 Å². The number of thiophene rings is 1. The van der Waals surface area contributed by atoms with Crippen molar-refractivity contribution < 1.29 is 32.9 Å². The Kier molecular flexibility index (Phi) is 17.3. The summed E-state index contributed by atoms with van der Waals surface area (Å²) in [6.45, 7) is 6.41. The largest absolute Gasteiger partial charge is 0.493 e. The highest BCUT2D eigenvalue weighted by atomic mass is 32.1. The molecule has 2 aromatic heterocycles. The summed E-state index contributed by atoms with van der Waals surface area (Å²) in [5, 5.41) is 7.75. The average molecular weight is 724 g/mol. The number of ether oxygens (including phenoxy) is 4. The summed E-state index contributed by atoms with van der Waals surface area (Å²) in [5.74, 6) is 0.629. The van der Waals surface area contributed by atoms with Crippen LogP contribution in [0, 0.1) is 0 Å². The molecule has 1 aliphatic rings. The fourth-order valence-electron chi connectivity index (χ4n) is 5.36. The lowest BCUT2D eigenvalue weighted by atomic mass is 9.86. The van der Waals surface area contributed by atoms with E-state index in [-0.39, 0.29) is 30.9 Å². The minimum atomic E-state index is -1.13. The Morgan fingerprint density at radius 3 is 2.22 bits per heavy atom. The van der Waals surface area contributed by atoms with Gasteiger partial charge in [-0.3, -0.25) is 9.59 Å². The lowest BCUT2D eigenvalue weighted by Crippen LogP contribution is -2.34. The molecular weight excluding hydrogens is 672 g/mol. The highest BCUT2D eigenvalue weighted by Gasteiger charge is 2.32. The van der Waals surface area contributed by atoms with Crippen molar-refractivity contribution >= 4 is 36.4 Å². The van der Waals surface area contributed by atoms with E-state index in [4.69, 9.17) is 18.9 Å². The molecule has 2 amide bonds. The topological polar surface area (TPSA) is 117 Å². The third-order valence-corrected chi connectivity index (χ3v) is 8.76. The molecular formula is C37H51BFN5O6S. The van der Waals surface area contributed by atoms with E-state index in [0.29, 0.717) is 71.4 Å². The van der Waals surface area contributed by atoms with Crippen molar-refractivity contribution in [2.24, 2.45) is 0 Å². The van der Waals surface area contributed by atoms with Crippen molar-refractivity contribution in [3.05, 3.63) is 82.3 Å². The Labute approximate surface area is 305 Å². The Morgan fingerprint density at radius 2 is 1.59 bits per heavy atom. The molecule has 1 unspecified atom stereocenters.